The van der Waals surface area contributed by atoms with E-state index in [4.69, 9.17) is 30.4 Å². The molecule has 6 nitrogen and oxygen atoms in total. The molecule has 0 radical (unpaired) electrons. The number of rotatable bonds is 5. The van der Waals surface area contributed by atoms with E-state index in [1.54, 1.807) is 12.1 Å². The average Bonchev–Trinajstić information content (AvgIpc) is 2.71. The first-order valence-corrected chi connectivity index (χ1v) is 8.74. The Morgan fingerprint density at radius 2 is 1.42 bits per heavy atom. The van der Waals surface area contributed by atoms with Gasteiger partial charge in [-0.1, -0.05) is 17.7 Å². The zero-order valence-corrected chi connectivity index (χ0v) is 16.7. The van der Waals surface area contributed by atoms with Gasteiger partial charge >= 0.3 is 19.1 Å². The predicted molar refractivity (Wildman–Crippen MR) is 98.1 cm³/mol. The number of carbonyl (C=O) groups excluding carboxylic acids is 2. The Morgan fingerprint density at radius 3 is 1.88 bits per heavy atom. The second kappa shape index (κ2) is 7.58. The first-order chi connectivity index (χ1) is 11.9. The van der Waals surface area contributed by atoms with Crippen molar-refractivity contribution in [1.29, 1.82) is 0 Å². The van der Waals surface area contributed by atoms with Crippen LogP contribution in [0.5, 0.6) is 0 Å². The summed E-state index contributed by atoms with van der Waals surface area (Å²) in [5, 5.41) is 0.411. The monoisotopic (exact) mass is 382 g/mol. The van der Waals surface area contributed by atoms with E-state index in [9.17, 15) is 9.59 Å². The van der Waals surface area contributed by atoms with E-state index in [0.29, 0.717) is 21.6 Å². The Bertz CT molecular complexity index is 700. The van der Waals surface area contributed by atoms with E-state index in [1.165, 1.54) is 13.8 Å². The highest BCUT2D eigenvalue weighted by Gasteiger charge is 2.52. The minimum atomic E-state index is -0.654. The summed E-state index contributed by atoms with van der Waals surface area (Å²) >= 11 is 6.31. The molecule has 0 unspecified atom stereocenters. The molecule has 0 bridgehead atoms. The van der Waals surface area contributed by atoms with Gasteiger partial charge in [0.2, 0.25) is 0 Å². The lowest BCUT2D eigenvalue weighted by molar-refractivity contribution is -0.143. The van der Waals surface area contributed by atoms with E-state index in [2.05, 4.69) is 0 Å². The summed E-state index contributed by atoms with van der Waals surface area (Å²) in [5.74, 6) is -0.799. The van der Waals surface area contributed by atoms with E-state index < -0.39 is 30.3 Å². The third-order valence-corrected chi connectivity index (χ3v) is 5.03. The van der Waals surface area contributed by atoms with Crippen LogP contribution in [-0.2, 0) is 41.6 Å². The van der Waals surface area contributed by atoms with Gasteiger partial charge in [-0.2, -0.15) is 0 Å². The SMILES string of the molecule is CC(=O)OCc1cc(B2OC(C)(C)C(C)(C)O2)c(COC(C)=O)cc1Cl. The third kappa shape index (κ3) is 4.58. The largest absolute Gasteiger partial charge is 0.495 e. The second-order valence-electron chi connectivity index (χ2n) is 7.29. The summed E-state index contributed by atoms with van der Waals surface area (Å²) in [6, 6.07) is 3.45. The quantitative estimate of drug-likeness (QED) is 0.576. The van der Waals surface area contributed by atoms with Crippen molar-refractivity contribution in [3.05, 3.63) is 28.3 Å². The number of hydrogen-bond donors (Lipinski definition) is 0. The number of ether oxygens (including phenoxy) is 2. The summed E-state index contributed by atoms with van der Waals surface area (Å²) in [5.41, 5.74) is 0.947. The summed E-state index contributed by atoms with van der Waals surface area (Å²) < 4.78 is 22.4. The molecule has 0 aliphatic carbocycles. The van der Waals surface area contributed by atoms with Crippen LogP contribution in [0.4, 0.5) is 0 Å². The zero-order chi connectivity index (χ0) is 19.7. The van der Waals surface area contributed by atoms with E-state index in [0.717, 1.165) is 0 Å². The third-order valence-electron chi connectivity index (χ3n) is 4.68. The molecule has 1 saturated heterocycles. The van der Waals surface area contributed by atoms with Gasteiger partial charge < -0.3 is 18.8 Å². The van der Waals surface area contributed by atoms with Crippen molar-refractivity contribution in [3.63, 3.8) is 0 Å². The topological polar surface area (TPSA) is 71.1 Å². The van der Waals surface area contributed by atoms with Crippen LogP contribution in [0, 0.1) is 0 Å². The fraction of sp³-hybridized carbons (Fsp3) is 0.556. The van der Waals surface area contributed by atoms with Crippen LogP contribution >= 0.6 is 11.6 Å². The Hall–Kier alpha value is -1.57. The molecule has 0 amide bonds. The van der Waals surface area contributed by atoms with E-state index >= 15 is 0 Å². The van der Waals surface area contributed by atoms with Gasteiger partial charge in [0.05, 0.1) is 11.2 Å². The minimum Gasteiger partial charge on any atom is -0.461 e. The van der Waals surface area contributed by atoms with Crippen molar-refractivity contribution in [2.75, 3.05) is 0 Å². The van der Waals surface area contributed by atoms with Gasteiger partial charge in [0, 0.05) is 24.4 Å². The van der Waals surface area contributed by atoms with Crippen molar-refractivity contribution in [1.82, 2.24) is 0 Å². The molecule has 26 heavy (non-hydrogen) atoms. The molecule has 142 valence electrons. The maximum Gasteiger partial charge on any atom is 0.495 e. The van der Waals surface area contributed by atoms with Crippen LogP contribution in [0.25, 0.3) is 0 Å². The number of hydrogen-bond acceptors (Lipinski definition) is 6. The molecule has 0 aromatic heterocycles. The average molecular weight is 383 g/mol. The molecule has 1 aromatic rings. The Balaban J connectivity index is 2.41. The lowest BCUT2D eigenvalue weighted by Crippen LogP contribution is -2.41. The van der Waals surface area contributed by atoms with Crippen LogP contribution in [0.2, 0.25) is 5.02 Å². The number of esters is 2. The zero-order valence-electron chi connectivity index (χ0n) is 16.0. The summed E-state index contributed by atoms with van der Waals surface area (Å²) in [4.78, 5) is 22.3. The summed E-state index contributed by atoms with van der Waals surface area (Å²) in [7, 11) is -0.654. The maximum atomic E-state index is 11.2. The van der Waals surface area contributed by atoms with E-state index in [-0.39, 0.29) is 13.2 Å². The molecule has 2 rings (SSSR count). The molecule has 1 fully saturated rings. The van der Waals surface area contributed by atoms with Crippen molar-refractivity contribution in [2.45, 2.75) is 66.0 Å². The van der Waals surface area contributed by atoms with E-state index in [1.807, 2.05) is 27.7 Å². The van der Waals surface area contributed by atoms with Crippen LogP contribution in [0.1, 0.15) is 52.7 Å². The molecule has 0 N–H and O–H groups in total. The van der Waals surface area contributed by atoms with Crippen molar-refractivity contribution in [3.8, 4) is 0 Å². The van der Waals surface area contributed by atoms with Gasteiger partial charge in [-0.15, -0.1) is 0 Å². The number of benzene rings is 1. The van der Waals surface area contributed by atoms with Crippen LogP contribution in [-0.4, -0.2) is 30.3 Å². The first kappa shape index (κ1) is 20.7. The molecular weight excluding hydrogens is 358 g/mol. The Morgan fingerprint density at radius 1 is 0.962 bits per heavy atom. The van der Waals surface area contributed by atoms with Crippen molar-refractivity contribution in [2.24, 2.45) is 0 Å². The molecule has 1 aliphatic heterocycles. The van der Waals surface area contributed by atoms with Crippen molar-refractivity contribution < 1.29 is 28.4 Å². The highest BCUT2D eigenvalue weighted by Crippen LogP contribution is 2.37. The van der Waals surface area contributed by atoms with Crippen molar-refractivity contribution >= 4 is 36.1 Å². The van der Waals surface area contributed by atoms with Gasteiger partial charge in [-0.05, 0) is 44.8 Å². The van der Waals surface area contributed by atoms with Gasteiger partial charge in [0.1, 0.15) is 13.2 Å². The lowest BCUT2D eigenvalue weighted by Gasteiger charge is -2.32. The molecule has 1 heterocycles. The Labute approximate surface area is 159 Å². The van der Waals surface area contributed by atoms with Crippen LogP contribution in [0.15, 0.2) is 12.1 Å². The highest BCUT2D eigenvalue weighted by atomic mass is 35.5. The Kier molecular flexibility index (Phi) is 6.05. The minimum absolute atomic E-state index is 0.0362. The summed E-state index contributed by atoms with van der Waals surface area (Å²) in [6.45, 7) is 10.6. The molecule has 1 aromatic carbocycles. The highest BCUT2D eigenvalue weighted by molar-refractivity contribution is 6.62. The molecule has 0 atom stereocenters. The molecular formula is C18H24BClO6. The lowest BCUT2D eigenvalue weighted by atomic mass is 9.75. The standard InChI is InChI=1S/C18H24BClO6/c1-11(21)23-9-13-8-16(20)14(10-24-12(2)22)7-15(13)19-25-17(3,4)18(5,6)26-19/h7-8H,9-10H2,1-6H3. The maximum absolute atomic E-state index is 11.2. The fourth-order valence-electron chi connectivity index (χ4n) is 2.46. The van der Waals surface area contributed by atoms with Gasteiger partial charge in [0.15, 0.2) is 0 Å². The fourth-order valence-corrected chi connectivity index (χ4v) is 2.70. The summed E-state index contributed by atoms with van der Waals surface area (Å²) in [6.07, 6.45) is 0. The molecule has 1 aliphatic rings. The van der Waals surface area contributed by atoms with Gasteiger partial charge in [-0.25, -0.2) is 0 Å². The predicted octanol–water partition coefficient (Wildman–Crippen LogP) is 2.77. The first-order valence-electron chi connectivity index (χ1n) is 8.36. The molecule has 8 heteroatoms. The second-order valence-corrected chi connectivity index (χ2v) is 7.70. The van der Waals surface area contributed by atoms with Gasteiger partial charge in [0.25, 0.3) is 0 Å². The van der Waals surface area contributed by atoms with Gasteiger partial charge in [-0.3, -0.25) is 9.59 Å². The number of halogens is 1. The molecule has 0 spiro atoms. The number of carbonyl (C=O) groups is 2. The van der Waals surface area contributed by atoms with Crippen LogP contribution < -0.4 is 5.46 Å². The van der Waals surface area contributed by atoms with Crippen LogP contribution in [0.3, 0.4) is 0 Å². The smallest absolute Gasteiger partial charge is 0.461 e. The molecule has 0 saturated carbocycles. The normalized spacial score (nSPS) is 17.9.